The number of benzene rings is 1. The minimum absolute atomic E-state index is 0.0299. The first kappa shape index (κ1) is 17.8. The Hall–Kier alpha value is -2.96. The van der Waals surface area contributed by atoms with Crippen LogP contribution in [0.3, 0.4) is 0 Å². The van der Waals surface area contributed by atoms with Crippen molar-refractivity contribution in [3.63, 3.8) is 0 Å². The summed E-state index contributed by atoms with van der Waals surface area (Å²) >= 11 is 0. The van der Waals surface area contributed by atoms with E-state index in [1.165, 1.54) is 6.92 Å². The summed E-state index contributed by atoms with van der Waals surface area (Å²) in [6.45, 7) is 2.68. The second-order valence-corrected chi connectivity index (χ2v) is 6.68. The Morgan fingerprint density at radius 2 is 2.08 bits per heavy atom. The van der Waals surface area contributed by atoms with E-state index in [9.17, 15) is 9.59 Å². The first-order valence-electron chi connectivity index (χ1n) is 8.60. The largest absolute Gasteiger partial charge is 0.361 e. The lowest BCUT2D eigenvalue weighted by atomic mass is 10.1. The highest BCUT2D eigenvalue weighted by Crippen LogP contribution is 2.21. The number of hydrogen-bond acceptors (Lipinski definition) is 5. The number of anilines is 1. The van der Waals surface area contributed by atoms with Gasteiger partial charge in [0.15, 0.2) is 0 Å². The molecule has 1 atom stereocenters. The Labute approximate surface area is 153 Å². The van der Waals surface area contributed by atoms with Crippen molar-refractivity contribution in [1.82, 2.24) is 20.2 Å². The van der Waals surface area contributed by atoms with Gasteiger partial charge in [0.05, 0.1) is 18.1 Å². The van der Waals surface area contributed by atoms with Crippen LogP contribution >= 0.6 is 0 Å². The summed E-state index contributed by atoms with van der Waals surface area (Å²) in [7, 11) is 3.82. The lowest BCUT2D eigenvalue weighted by Crippen LogP contribution is -2.37. The van der Waals surface area contributed by atoms with E-state index in [1.807, 2.05) is 37.2 Å². The third-order valence-electron chi connectivity index (χ3n) is 4.37. The van der Waals surface area contributed by atoms with Gasteiger partial charge in [0.25, 0.3) is 5.91 Å². The van der Waals surface area contributed by atoms with Crippen molar-refractivity contribution in [2.24, 2.45) is 0 Å². The van der Waals surface area contributed by atoms with E-state index in [2.05, 4.69) is 15.3 Å². The molecule has 1 saturated heterocycles. The summed E-state index contributed by atoms with van der Waals surface area (Å²) in [5.41, 5.74) is 2.19. The van der Waals surface area contributed by atoms with Crippen molar-refractivity contribution in [2.45, 2.75) is 19.4 Å². The van der Waals surface area contributed by atoms with Gasteiger partial charge < -0.3 is 15.1 Å². The Morgan fingerprint density at radius 1 is 1.27 bits per heavy atom. The number of hydrogen-bond donors (Lipinski definition) is 1. The molecule has 1 aromatic carbocycles. The molecule has 0 spiro atoms. The first-order valence-corrected chi connectivity index (χ1v) is 8.60. The molecule has 2 aromatic rings. The van der Waals surface area contributed by atoms with Gasteiger partial charge in [-0.05, 0) is 18.6 Å². The SMILES string of the molecule is CC(=O)NC1CCN(C(=O)c2cccc(-c3cncc(N(C)C)n3)c2)C1. The van der Waals surface area contributed by atoms with Crippen molar-refractivity contribution in [2.75, 3.05) is 32.1 Å². The van der Waals surface area contributed by atoms with Crippen LogP contribution in [0.1, 0.15) is 23.7 Å². The quantitative estimate of drug-likeness (QED) is 0.902. The molecular formula is C19H23N5O2. The Balaban J connectivity index is 1.78. The molecule has 1 unspecified atom stereocenters. The highest BCUT2D eigenvalue weighted by atomic mass is 16.2. The number of carbonyl (C=O) groups excluding carboxylic acids is 2. The van der Waals surface area contributed by atoms with Crippen LogP contribution in [-0.2, 0) is 4.79 Å². The van der Waals surface area contributed by atoms with Crippen LogP contribution in [0.4, 0.5) is 5.82 Å². The average Bonchev–Trinajstić information content (AvgIpc) is 3.09. The second-order valence-electron chi connectivity index (χ2n) is 6.68. The molecule has 1 fully saturated rings. The third-order valence-corrected chi connectivity index (χ3v) is 4.37. The summed E-state index contributed by atoms with van der Waals surface area (Å²) in [5, 5.41) is 2.88. The lowest BCUT2D eigenvalue weighted by Gasteiger charge is -2.17. The number of aromatic nitrogens is 2. The summed E-state index contributed by atoms with van der Waals surface area (Å²) < 4.78 is 0. The normalized spacial score (nSPS) is 16.4. The minimum Gasteiger partial charge on any atom is -0.361 e. The van der Waals surface area contributed by atoms with Gasteiger partial charge in [-0.1, -0.05) is 12.1 Å². The number of carbonyl (C=O) groups is 2. The number of rotatable bonds is 4. The summed E-state index contributed by atoms with van der Waals surface area (Å²) in [6, 6.07) is 7.46. The van der Waals surface area contributed by atoms with Gasteiger partial charge in [-0.2, -0.15) is 0 Å². The predicted octanol–water partition coefficient (Wildman–Crippen LogP) is 1.56. The fourth-order valence-electron chi connectivity index (χ4n) is 3.05. The van der Waals surface area contributed by atoms with Crippen LogP contribution < -0.4 is 10.2 Å². The fourth-order valence-corrected chi connectivity index (χ4v) is 3.05. The summed E-state index contributed by atoms with van der Waals surface area (Å²) in [4.78, 5) is 36.5. The van der Waals surface area contributed by atoms with E-state index in [-0.39, 0.29) is 17.9 Å². The van der Waals surface area contributed by atoms with Crippen LogP contribution in [0.25, 0.3) is 11.3 Å². The number of likely N-dealkylation sites (tertiary alicyclic amines) is 1. The summed E-state index contributed by atoms with van der Waals surface area (Å²) in [6.07, 6.45) is 4.17. The molecule has 7 nitrogen and oxygen atoms in total. The van der Waals surface area contributed by atoms with Crippen LogP contribution in [0.5, 0.6) is 0 Å². The zero-order chi connectivity index (χ0) is 18.7. The molecule has 0 aliphatic carbocycles. The fraction of sp³-hybridized carbons (Fsp3) is 0.368. The zero-order valence-electron chi connectivity index (χ0n) is 15.3. The van der Waals surface area contributed by atoms with Gasteiger partial charge in [0.1, 0.15) is 5.82 Å². The maximum absolute atomic E-state index is 12.8. The Kier molecular flexibility index (Phi) is 5.16. The van der Waals surface area contributed by atoms with E-state index in [0.717, 1.165) is 23.5 Å². The molecule has 1 aromatic heterocycles. The maximum Gasteiger partial charge on any atom is 0.253 e. The molecule has 26 heavy (non-hydrogen) atoms. The predicted molar refractivity (Wildman–Crippen MR) is 99.9 cm³/mol. The van der Waals surface area contributed by atoms with Crippen LogP contribution in [0.2, 0.25) is 0 Å². The molecule has 136 valence electrons. The summed E-state index contributed by atoms with van der Waals surface area (Å²) in [5.74, 6) is 0.666. The molecule has 1 aliphatic rings. The van der Waals surface area contributed by atoms with Gasteiger partial charge >= 0.3 is 0 Å². The highest BCUT2D eigenvalue weighted by Gasteiger charge is 2.27. The highest BCUT2D eigenvalue weighted by molar-refractivity contribution is 5.95. The van der Waals surface area contributed by atoms with E-state index in [0.29, 0.717) is 18.7 Å². The van der Waals surface area contributed by atoms with Gasteiger partial charge in [0, 0.05) is 51.3 Å². The number of nitrogens with one attached hydrogen (secondary N) is 1. The monoisotopic (exact) mass is 353 g/mol. The van der Waals surface area contributed by atoms with Gasteiger partial charge in [0.2, 0.25) is 5.91 Å². The van der Waals surface area contributed by atoms with Crippen LogP contribution in [0, 0.1) is 0 Å². The number of amides is 2. The smallest absolute Gasteiger partial charge is 0.253 e. The maximum atomic E-state index is 12.8. The number of nitrogens with zero attached hydrogens (tertiary/aromatic N) is 4. The lowest BCUT2D eigenvalue weighted by molar-refractivity contribution is -0.119. The molecule has 0 bridgehead atoms. The molecule has 7 heteroatoms. The minimum atomic E-state index is -0.0642. The van der Waals surface area contributed by atoms with Crippen molar-refractivity contribution in [3.05, 3.63) is 42.2 Å². The third kappa shape index (κ3) is 3.99. The molecule has 3 rings (SSSR count). The van der Waals surface area contributed by atoms with Crippen LogP contribution in [0.15, 0.2) is 36.7 Å². The molecule has 1 aliphatic heterocycles. The zero-order valence-corrected chi connectivity index (χ0v) is 15.3. The Bertz CT molecular complexity index is 821. The average molecular weight is 353 g/mol. The molecule has 1 N–H and O–H groups in total. The van der Waals surface area contributed by atoms with Gasteiger partial charge in [-0.15, -0.1) is 0 Å². The van der Waals surface area contributed by atoms with E-state index >= 15 is 0 Å². The topological polar surface area (TPSA) is 78.4 Å². The molecule has 0 saturated carbocycles. The molecule has 2 heterocycles. The van der Waals surface area contributed by atoms with Crippen molar-refractivity contribution in [1.29, 1.82) is 0 Å². The molecule has 2 amide bonds. The second kappa shape index (κ2) is 7.51. The molecular weight excluding hydrogens is 330 g/mol. The first-order chi connectivity index (χ1) is 12.4. The van der Waals surface area contributed by atoms with E-state index in [1.54, 1.807) is 23.4 Å². The van der Waals surface area contributed by atoms with Crippen LogP contribution in [-0.4, -0.2) is 59.9 Å². The standard InChI is InChI=1S/C19H23N5O2/c1-13(25)21-16-7-8-24(12-16)19(26)15-6-4-5-14(9-15)17-10-20-11-18(22-17)23(2)3/h4-6,9-11,16H,7-8,12H2,1-3H3,(H,21,25). The van der Waals surface area contributed by atoms with E-state index in [4.69, 9.17) is 0 Å². The van der Waals surface area contributed by atoms with Gasteiger partial charge in [-0.3, -0.25) is 14.6 Å². The van der Waals surface area contributed by atoms with E-state index < -0.39 is 0 Å². The van der Waals surface area contributed by atoms with Crippen molar-refractivity contribution in [3.8, 4) is 11.3 Å². The molecule has 0 radical (unpaired) electrons. The van der Waals surface area contributed by atoms with Gasteiger partial charge in [-0.25, -0.2) is 4.98 Å². The van der Waals surface area contributed by atoms with Crippen molar-refractivity contribution >= 4 is 17.6 Å². The van der Waals surface area contributed by atoms with Crippen molar-refractivity contribution < 1.29 is 9.59 Å². The Morgan fingerprint density at radius 3 is 2.81 bits per heavy atom.